The number of benzene rings is 1. The van der Waals surface area contributed by atoms with Crippen LogP contribution in [0.1, 0.15) is 5.76 Å². The van der Waals surface area contributed by atoms with Gasteiger partial charge in [-0.25, -0.2) is 4.39 Å². The van der Waals surface area contributed by atoms with E-state index >= 15 is 0 Å². The molecule has 0 saturated heterocycles. The minimum absolute atomic E-state index is 0.0516. The summed E-state index contributed by atoms with van der Waals surface area (Å²) < 4.78 is 18.3. The van der Waals surface area contributed by atoms with Gasteiger partial charge < -0.3 is 9.32 Å². The predicted octanol–water partition coefficient (Wildman–Crippen LogP) is 3.84. The molecular weight excluding hydrogens is 292 g/mol. The van der Waals surface area contributed by atoms with E-state index in [0.717, 1.165) is 0 Å². The second-order valence-corrected chi connectivity index (χ2v) is 4.47. The van der Waals surface area contributed by atoms with Crippen LogP contribution in [0.15, 0.2) is 41.0 Å². The van der Waals surface area contributed by atoms with E-state index < -0.39 is 5.82 Å². The van der Waals surface area contributed by atoms with E-state index in [1.54, 1.807) is 12.1 Å². The van der Waals surface area contributed by atoms with Crippen LogP contribution in [-0.2, 0) is 11.3 Å². The normalized spacial score (nSPS) is 10.5. The molecule has 0 aliphatic rings. The Bertz CT molecular complexity index is 572. The zero-order valence-electron chi connectivity index (χ0n) is 9.78. The third-order valence-corrected chi connectivity index (χ3v) is 3.04. The van der Waals surface area contributed by atoms with Gasteiger partial charge in [0.1, 0.15) is 17.5 Å². The summed E-state index contributed by atoms with van der Waals surface area (Å²) in [7, 11) is 0. The van der Waals surface area contributed by atoms with Gasteiger partial charge >= 0.3 is 0 Å². The van der Waals surface area contributed by atoms with Gasteiger partial charge in [0.15, 0.2) is 0 Å². The highest BCUT2D eigenvalue weighted by Gasteiger charge is 2.17. The van der Waals surface area contributed by atoms with E-state index in [-0.39, 0.29) is 23.4 Å². The summed E-state index contributed by atoms with van der Waals surface area (Å²) in [6.07, 6.45) is 1.51. The van der Waals surface area contributed by atoms with Crippen LogP contribution in [0, 0.1) is 5.82 Å². The Morgan fingerprint density at radius 2 is 2.16 bits per heavy atom. The highest BCUT2D eigenvalue weighted by molar-refractivity contribution is 6.31. The van der Waals surface area contributed by atoms with Gasteiger partial charge in [0.05, 0.1) is 17.8 Å². The second-order valence-electron chi connectivity index (χ2n) is 3.79. The lowest BCUT2D eigenvalue weighted by Crippen LogP contribution is -2.31. The molecule has 0 saturated carbocycles. The first-order valence-electron chi connectivity index (χ1n) is 5.45. The monoisotopic (exact) mass is 301 g/mol. The number of carbonyl (C=O) groups excluding carboxylic acids is 1. The molecule has 1 aromatic heterocycles. The number of hydrogen-bond acceptors (Lipinski definition) is 2. The second kappa shape index (κ2) is 6.08. The average molecular weight is 302 g/mol. The Kier molecular flexibility index (Phi) is 4.45. The lowest BCUT2D eigenvalue weighted by Gasteiger charge is -2.21. The molecule has 0 radical (unpaired) electrons. The van der Waals surface area contributed by atoms with Crippen molar-refractivity contribution in [2.45, 2.75) is 6.54 Å². The SMILES string of the molecule is O=C(CCl)N(Cc1ccco1)c1ccc(F)c(Cl)c1. The minimum atomic E-state index is -0.540. The molecule has 100 valence electrons. The molecule has 1 aromatic carbocycles. The van der Waals surface area contributed by atoms with Crippen molar-refractivity contribution in [3.63, 3.8) is 0 Å². The first-order chi connectivity index (χ1) is 9.11. The Labute approximate surface area is 119 Å². The van der Waals surface area contributed by atoms with Gasteiger partial charge in [-0.3, -0.25) is 4.79 Å². The van der Waals surface area contributed by atoms with Crippen LogP contribution in [-0.4, -0.2) is 11.8 Å². The van der Waals surface area contributed by atoms with Gasteiger partial charge in [-0.15, -0.1) is 11.6 Å². The molecule has 6 heteroatoms. The van der Waals surface area contributed by atoms with Crippen LogP contribution in [0.5, 0.6) is 0 Å². The van der Waals surface area contributed by atoms with E-state index in [1.165, 1.54) is 29.4 Å². The van der Waals surface area contributed by atoms with Crippen LogP contribution in [0.4, 0.5) is 10.1 Å². The van der Waals surface area contributed by atoms with Crippen molar-refractivity contribution in [1.29, 1.82) is 0 Å². The van der Waals surface area contributed by atoms with Crippen molar-refractivity contribution in [2.75, 3.05) is 10.8 Å². The molecule has 3 nitrogen and oxygen atoms in total. The Morgan fingerprint density at radius 3 is 2.74 bits per heavy atom. The van der Waals surface area contributed by atoms with Gasteiger partial charge in [0.2, 0.25) is 5.91 Å². The minimum Gasteiger partial charge on any atom is -0.467 e. The molecule has 0 spiro atoms. The standard InChI is InChI=1S/C13H10Cl2FNO2/c14-7-13(18)17(8-10-2-1-5-19-10)9-3-4-12(16)11(15)6-9/h1-6H,7-8H2. The molecular formula is C13H10Cl2FNO2. The molecule has 0 aliphatic carbocycles. The van der Waals surface area contributed by atoms with E-state index in [4.69, 9.17) is 27.6 Å². The van der Waals surface area contributed by atoms with Gasteiger partial charge in [-0.1, -0.05) is 11.6 Å². The summed E-state index contributed by atoms with van der Waals surface area (Å²) >= 11 is 11.3. The first-order valence-corrected chi connectivity index (χ1v) is 6.37. The number of carbonyl (C=O) groups is 1. The molecule has 2 aromatic rings. The molecule has 0 N–H and O–H groups in total. The predicted molar refractivity (Wildman–Crippen MR) is 72.0 cm³/mol. The molecule has 19 heavy (non-hydrogen) atoms. The van der Waals surface area contributed by atoms with Crippen molar-refractivity contribution in [1.82, 2.24) is 0 Å². The maximum atomic E-state index is 13.1. The lowest BCUT2D eigenvalue weighted by molar-refractivity contribution is -0.116. The van der Waals surface area contributed by atoms with Crippen LogP contribution < -0.4 is 4.90 Å². The summed E-state index contributed by atoms with van der Waals surface area (Å²) in [5.41, 5.74) is 0.466. The Hall–Kier alpha value is -1.52. The number of alkyl halides is 1. The van der Waals surface area contributed by atoms with Gasteiger partial charge in [-0.05, 0) is 30.3 Å². The quantitative estimate of drug-likeness (QED) is 0.804. The Balaban J connectivity index is 2.31. The highest BCUT2D eigenvalue weighted by atomic mass is 35.5. The number of amides is 1. The van der Waals surface area contributed by atoms with E-state index in [1.807, 2.05) is 0 Å². The fourth-order valence-corrected chi connectivity index (χ4v) is 1.93. The highest BCUT2D eigenvalue weighted by Crippen LogP contribution is 2.24. The Morgan fingerprint density at radius 1 is 1.37 bits per heavy atom. The number of halogens is 3. The lowest BCUT2D eigenvalue weighted by atomic mass is 10.2. The molecule has 0 fully saturated rings. The number of nitrogens with zero attached hydrogens (tertiary/aromatic N) is 1. The zero-order valence-corrected chi connectivity index (χ0v) is 11.3. The van der Waals surface area contributed by atoms with E-state index in [0.29, 0.717) is 11.4 Å². The number of furan rings is 1. The van der Waals surface area contributed by atoms with Crippen LogP contribution in [0.2, 0.25) is 5.02 Å². The average Bonchev–Trinajstić information content (AvgIpc) is 2.91. The van der Waals surface area contributed by atoms with Crippen molar-refractivity contribution in [3.8, 4) is 0 Å². The topological polar surface area (TPSA) is 33.5 Å². The van der Waals surface area contributed by atoms with Gasteiger partial charge in [0.25, 0.3) is 0 Å². The number of rotatable bonds is 4. The summed E-state index contributed by atoms with van der Waals surface area (Å²) in [5, 5.41) is -0.0516. The molecule has 0 aliphatic heterocycles. The summed E-state index contributed by atoms with van der Waals surface area (Å²) in [6.45, 7) is 0.209. The van der Waals surface area contributed by atoms with Crippen molar-refractivity contribution < 1.29 is 13.6 Å². The molecule has 2 rings (SSSR count). The zero-order chi connectivity index (χ0) is 13.8. The fourth-order valence-electron chi connectivity index (χ4n) is 1.61. The number of anilines is 1. The van der Waals surface area contributed by atoms with Crippen LogP contribution in [0.25, 0.3) is 0 Å². The van der Waals surface area contributed by atoms with E-state index in [9.17, 15) is 9.18 Å². The van der Waals surface area contributed by atoms with Gasteiger partial charge in [-0.2, -0.15) is 0 Å². The molecule has 0 atom stereocenters. The number of hydrogen-bond donors (Lipinski definition) is 0. The molecule has 0 unspecified atom stereocenters. The third-order valence-electron chi connectivity index (χ3n) is 2.52. The fraction of sp³-hybridized carbons (Fsp3) is 0.154. The third kappa shape index (κ3) is 3.28. The largest absolute Gasteiger partial charge is 0.467 e. The summed E-state index contributed by atoms with van der Waals surface area (Å²) in [4.78, 5) is 13.2. The maximum Gasteiger partial charge on any atom is 0.242 e. The first kappa shape index (κ1) is 13.9. The molecule has 0 bridgehead atoms. The van der Waals surface area contributed by atoms with Crippen molar-refractivity contribution >= 4 is 34.8 Å². The summed E-state index contributed by atoms with van der Waals surface area (Å²) in [6, 6.07) is 7.50. The van der Waals surface area contributed by atoms with Crippen LogP contribution in [0.3, 0.4) is 0 Å². The van der Waals surface area contributed by atoms with Crippen molar-refractivity contribution in [3.05, 3.63) is 53.2 Å². The van der Waals surface area contributed by atoms with Crippen LogP contribution >= 0.6 is 23.2 Å². The van der Waals surface area contributed by atoms with Crippen molar-refractivity contribution in [2.24, 2.45) is 0 Å². The van der Waals surface area contributed by atoms with E-state index in [2.05, 4.69) is 0 Å². The maximum absolute atomic E-state index is 13.1. The smallest absolute Gasteiger partial charge is 0.242 e. The summed E-state index contributed by atoms with van der Waals surface area (Å²) in [5.74, 6) is -0.447. The molecule has 1 amide bonds. The molecule has 1 heterocycles. The van der Waals surface area contributed by atoms with Gasteiger partial charge in [0, 0.05) is 5.69 Å².